The van der Waals surface area contributed by atoms with E-state index >= 15 is 0 Å². The summed E-state index contributed by atoms with van der Waals surface area (Å²) in [6, 6.07) is 11.3. The molecule has 0 spiro atoms. The lowest BCUT2D eigenvalue weighted by atomic mass is 10.2. The van der Waals surface area contributed by atoms with Crippen LogP contribution in [0.25, 0.3) is 0 Å². The molecule has 1 saturated heterocycles. The van der Waals surface area contributed by atoms with Gasteiger partial charge in [0.2, 0.25) is 10.0 Å². The van der Waals surface area contributed by atoms with E-state index in [0.717, 1.165) is 10.2 Å². The van der Waals surface area contributed by atoms with Crippen LogP contribution in [0.1, 0.15) is 0 Å². The van der Waals surface area contributed by atoms with Crippen molar-refractivity contribution in [1.29, 1.82) is 0 Å². The number of hydrogen-bond acceptors (Lipinski definition) is 3. The van der Waals surface area contributed by atoms with Crippen LogP contribution in [-0.4, -0.2) is 38.9 Å². The minimum Gasteiger partial charge on any atom is -0.369 e. The molecule has 0 atom stereocenters. The Labute approximate surface area is 157 Å². The third-order valence-electron chi connectivity index (χ3n) is 3.94. The van der Waals surface area contributed by atoms with Crippen LogP contribution in [0.2, 0.25) is 0 Å². The second-order valence-corrected chi connectivity index (χ2v) is 9.12. The van der Waals surface area contributed by atoms with Gasteiger partial charge in [-0.05, 0) is 58.4 Å². The van der Waals surface area contributed by atoms with Crippen molar-refractivity contribution < 1.29 is 12.8 Å². The van der Waals surface area contributed by atoms with Crippen molar-refractivity contribution in [2.24, 2.45) is 0 Å². The maximum absolute atomic E-state index is 13.0. The number of nitrogens with zero attached hydrogens (tertiary/aromatic N) is 2. The normalized spacial score (nSPS) is 16.4. The molecule has 1 aliphatic rings. The van der Waals surface area contributed by atoms with E-state index in [1.165, 1.54) is 16.4 Å². The van der Waals surface area contributed by atoms with E-state index < -0.39 is 10.0 Å². The maximum Gasteiger partial charge on any atom is 0.244 e. The van der Waals surface area contributed by atoms with Gasteiger partial charge in [-0.3, -0.25) is 0 Å². The molecule has 128 valence electrons. The van der Waals surface area contributed by atoms with E-state index in [1.807, 2.05) is 0 Å². The number of halogens is 3. The number of rotatable bonds is 3. The first-order valence-corrected chi connectivity index (χ1v) is 10.4. The molecular formula is C16H15Br2FN2O2S. The Hall–Kier alpha value is -0.960. The van der Waals surface area contributed by atoms with Gasteiger partial charge in [0.25, 0.3) is 0 Å². The summed E-state index contributed by atoms with van der Waals surface area (Å²) >= 11 is 6.65. The molecule has 2 aromatic rings. The van der Waals surface area contributed by atoms with Crippen LogP contribution in [0.3, 0.4) is 0 Å². The molecule has 4 nitrogen and oxygen atoms in total. The highest BCUT2D eigenvalue weighted by atomic mass is 79.9. The standard InChI is InChI=1S/C16H15Br2FN2O2S/c17-12-1-6-16(15(18)11-12)24(22,23)21-9-7-20(8-10-21)14-4-2-13(19)3-5-14/h1-6,11H,7-10H2. The average molecular weight is 478 g/mol. The molecule has 1 aliphatic heterocycles. The summed E-state index contributed by atoms with van der Waals surface area (Å²) in [5, 5.41) is 0. The van der Waals surface area contributed by atoms with Crippen molar-refractivity contribution in [2.75, 3.05) is 31.1 Å². The van der Waals surface area contributed by atoms with Gasteiger partial charge in [-0.1, -0.05) is 15.9 Å². The van der Waals surface area contributed by atoms with Crippen molar-refractivity contribution in [3.8, 4) is 0 Å². The van der Waals surface area contributed by atoms with Crippen LogP contribution < -0.4 is 4.90 Å². The molecule has 24 heavy (non-hydrogen) atoms. The quantitative estimate of drug-likeness (QED) is 0.673. The Balaban J connectivity index is 1.75. The summed E-state index contributed by atoms with van der Waals surface area (Å²) in [6.07, 6.45) is 0. The summed E-state index contributed by atoms with van der Waals surface area (Å²) in [5.74, 6) is -0.278. The first-order chi connectivity index (χ1) is 11.4. The maximum atomic E-state index is 13.0. The molecule has 3 rings (SSSR count). The highest BCUT2D eigenvalue weighted by Gasteiger charge is 2.30. The molecular weight excluding hydrogens is 463 g/mol. The molecule has 0 radical (unpaired) electrons. The minimum atomic E-state index is -3.54. The fourth-order valence-electron chi connectivity index (χ4n) is 2.66. The van der Waals surface area contributed by atoms with Gasteiger partial charge in [0.15, 0.2) is 0 Å². The lowest BCUT2D eigenvalue weighted by molar-refractivity contribution is 0.384. The number of benzene rings is 2. The lowest BCUT2D eigenvalue weighted by Gasteiger charge is -2.35. The molecule has 0 bridgehead atoms. The summed E-state index contributed by atoms with van der Waals surface area (Å²) in [4.78, 5) is 2.32. The highest BCUT2D eigenvalue weighted by Crippen LogP contribution is 2.29. The lowest BCUT2D eigenvalue weighted by Crippen LogP contribution is -2.48. The smallest absolute Gasteiger partial charge is 0.244 e. The molecule has 1 heterocycles. The molecule has 0 unspecified atom stereocenters. The van der Waals surface area contributed by atoms with E-state index in [4.69, 9.17) is 0 Å². The SMILES string of the molecule is O=S(=O)(c1ccc(Br)cc1Br)N1CCN(c2ccc(F)cc2)CC1. The van der Waals surface area contributed by atoms with Gasteiger partial charge >= 0.3 is 0 Å². The fraction of sp³-hybridized carbons (Fsp3) is 0.250. The van der Waals surface area contributed by atoms with Crippen LogP contribution in [0.4, 0.5) is 10.1 Å². The van der Waals surface area contributed by atoms with Crippen LogP contribution in [0, 0.1) is 5.82 Å². The Morgan fingerprint density at radius 3 is 2.12 bits per heavy atom. The van der Waals surface area contributed by atoms with Crippen molar-refractivity contribution in [3.05, 3.63) is 57.2 Å². The molecule has 2 aromatic carbocycles. The van der Waals surface area contributed by atoms with Crippen molar-refractivity contribution in [3.63, 3.8) is 0 Å². The predicted molar refractivity (Wildman–Crippen MR) is 99.2 cm³/mol. The largest absolute Gasteiger partial charge is 0.369 e. The summed E-state index contributed by atoms with van der Waals surface area (Å²) in [5.41, 5.74) is 0.901. The van der Waals surface area contributed by atoms with Crippen LogP contribution in [0.15, 0.2) is 56.3 Å². The third-order valence-corrected chi connectivity index (χ3v) is 7.31. The zero-order valence-electron chi connectivity index (χ0n) is 12.6. The average Bonchev–Trinajstić information content (AvgIpc) is 2.55. The van der Waals surface area contributed by atoms with Crippen molar-refractivity contribution >= 4 is 47.6 Å². The summed E-state index contributed by atoms with van der Waals surface area (Å²) in [7, 11) is -3.54. The van der Waals surface area contributed by atoms with Gasteiger partial charge in [0.05, 0.1) is 4.90 Å². The van der Waals surface area contributed by atoms with Crippen LogP contribution in [0.5, 0.6) is 0 Å². The Bertz CT molecular complexity index is 836. The second-order valence-electron chi connectivity index (χ2n) is 5.44. The van der Waals surface area contributed by atoms with Crippen LogP contribution in [-0.2, 0) is 10.0 Å². The molecule has 0 N–H and O–H groups in total. The number of hydrogen-bond donors (Lipinski definition) is 0. The molecule has 0 aromatic heterocycles. The zero-order valence-corrected chi connectivity index (χ0v) is 16.6. The predicted octanol–water partition coefficient (Wildman–Crippen LogP) is 3.86. The van der Waals surface area contributed by atoms with Gasteiger partial charge in [-0.15, -0.1) is 0 Å². The van der Waals surface area contributed by atoms with E-state index in [9.17, 15) is 12.8 Å². The minimum absolute atomic E-state index is 0.265. The van der Waals surface area contributed by atoms with Crippen molar-refractivity contribution in [1.82, 2.24) is 4.31 Å². The van der Waals surface area contributed by atoms with Gasteiger partial charge < -0.3 is 4.90 Å². The molecule has 8 heteroatoms. The second kappa shape index (κ2) is 7.11. The van der Waals surface area contributed by atoms with E-state index in [0.29, 0.717) is 30.7 Å². The molecule has 1 fully saturated rings. The van der Waals surface area contributed by atoms with Gasteiger partial charge in [-0.2, -0.15) is 4.31 Å². The summed E-state index contributed by atoms with van der Waals surface area (Å²) < 4.78 is 41.5. The fourth-order valence-corrected chi connectivity index (χ4v) is 5.79. The van der Waals surface area contributed by atoms with Gasteiger partial charge in [-0.25, -0.2) is 12.8 Å². The van der Waals surface area contributed by atoms with E-state index in [1.54, 1.807) is 30.3 Å². The van der Waals surface area contributed by atoms with Gasteiger partial charge in [0, 0.05) is 40.8 Å². The number of sulfonamides is 1. The Morgan fingerprint density at radius 1 is 0.917 bits per heavy atom. The highest BCUT2D eigenvalue weighted by molar-refractivity contribution is 9.11. The monoisotopic (exact) mass is 476 g/mol. The van der Waals surface area contributed by atoms with Crippen LogP contribution >= 0.6 is 31.9 Å². The number of anilines is 1. The summed E-state index contributed by atoms with van der Waals surface area (Å²) in [6.45, 7) is 1.92. The number of piperazine rings is 1. The Morgan fingerprint density at radius 2 is 1.54 bits per heavy atom. The van der Waals surface area contributed by atoms with E-state index in [2.05, 4.69) is 36.8 Å². The molecule has 0 amide bonds. The third kappa shape index (κ3) is 3.66. The first-order valence-electron chi connectivity index (χ1n) is 7.33. The zero-order chi connectivity index (χ0) is 17.3. The van der Waals surface area contributed by atoms with Gasteiger partial charge in [0.1, 0.15) is 5.82 Å². The molecule has 0 saturated carbocycles. The first kappa shape index (κ1) is 17.8. The Kier molecular flexibility index (Phi) is 5.29. The van der Waals surface area contributed by atoms with Crippen molar-refractivity contribution in [2.45, 2.75) is 4.90 Å². The topological polar surface area (TPSA) is 40.6 Å². The van der Waals surface area contributed by atoms with E-state index in [-0.39, 0.29) is 10.7 Å². The molecule has 0 aliphatic carbocycles.